The Morgan fingerprint density at radius 2 is 2.20 bits per heavy atom. The molecule has 1 rings (SSSR count). The molecule has 0 spiro atoms. The zero-order valence-corrected chi connectivity index (χ0v) is 7.30. The molecule has 0 aliphatic heterocycles. The van der Waals surface area contributed by atoms with Crippen molar-refractivity contribution < 1.29 is 0 Å². The van der Waals surface area contributed by atoms with E-state index in [9.17, 15) is 0 Å². The second-order valence-corrected chi connectivity index (χ2v) is 3.71. The van der Waals surface area contributed by atoms with Gasteiger partial charge in [0.15, 0.2) is 0 Å². The van der Waals surface area contributed by atoms with E-state index in [1.165, 1.54) is 12.8 Å². The number of allylic oxidation sites excluding steroid dienone is 2. The van der Waals surface area contributed by atoms with Crippen molar-refractivity contribution in [1.82, 2.24) is 0 Å². The highest BCUT2D eigenvalue weighted by Crippen LogP contribution is 2.46. The normalized spacial score (nSPS) is 32.0. The number of hydrogen-bond donors (Lipinski definition) is 0. The summed E-state index contributed by atoms with van der Waals surface area (Å²) >= 11 is 0. The van der Waals surface area contributed by atoms with Crippen molar-refractivity contribution in [2.75, 3.05) is 0 Å². The van der Waals surface area contributed by atoms with Gasteiger partial charge in [-0.25, -0.2) is 0 Å². The summed E-state index contributed by atoms with van der Waals surface area (Å²) in [5.74, 6) is 2.97. The van der Waals surface area contributed by atoms with Crippen LogP contribution in [0.15, 0.2) is 12.2 Å². The van der Waals surface area contributed by atoms with E-state index in [1.807, 2.05) is 0 Å². The minimum absolute atomic E-state index is 0.912. The predicted molar refractivity (Wildman–Crippen MR) is 45.9 cm³/mol. The second-order valence-electron chi connectivity index (χ2n) is 3.71. The van der Waals surface area contributed by atoms with Gasteiger partial charge in [-0.1, -0.05) is 26.0 Å². The number of hydrogen-bond acceptors (Lipinski definition) is 0. The average Bonchev–Trinajstić information content (AvgIpc) is 2.62. The second kappa shape index (κ2) is 3.23. The Labute approximate surface area is 64.3 Å². The first-order valence-electron chi connectivity index (χ1n) is 4.37. The van der Waals surface area contributed by atoms with Gasteiger partial charge in [0.05, 0.1) is 0 Å². The summed E-state index contributed by atoms with van der Waals surface area (Å²) in [5, 5.41) is 0. The van der Waals surface area contributed by atoms with Gasteiger partial charge in [-0.3, -0.25) is 0 Å². The van der Waals surface area contributed by atoms with Crippen LogP contribution in [-0.2, 0) is 0 Å². The minimum Gasteiger partial charge on any atom is -0.0917 e. The molecule has 1 fully saturated rings. The molecule has 0 saturated heterocycles. The fourth-order valence-electron chi connectivity index (χ4n) is 1.67. The third kappa shape index (κ3) is 1.86. The molecular formula is C10H18. The van der Waals surface area contributed by atoms with E-state index in [0.29, 0.717) is 0 Å². The molecule has 0 amide bonds. The third-order valence-electron chi connectivity index (χ3n) is 2.51. The molecular weight excluding hydrogens is 120 g/mol. The lowest BCUT2D eigenvalue weighted by molar-refractivity contribution is 0.519. The van der Waals surface area contributed by atoms with Crippen LogP contribution in [0.4, 0.5) is 0 Å². The van der Waals surface area contributed by atoms with Gasteiger partial charge in [-0.15, -0.1) is 0 Å². The van der Waals surface area contributed by atoms with Crippen LogP contribution < -0.4 is 0 Å². The lowest BCUT2D eigenvalue weighted by Gasteiger charge is -1.99. The molecule has 2 unspecified atom stereocenters. The molecule has 1 saturated carbocycles. The highest BCUT2D eigenvalue weighted by Gasteiger charge is 2.37. The van der Waals surface area contributed by atoms with Gasteiger partial charge in [0.1, 0.15) is 0 Å². The Morgan fingerprint density at radius 3 is 2.60 bits per heavy atom. The van der Waals surface area contributed by atoms with E-state index < -0.39 is 0 Å². The molecule has 0 aromatic heterocycles. The van der Waals surface area contributed by atoms with Crippen LogP contribution in [0, 0.1) is 17.8 Å². The first-order chi connectivity index (χ1) is 4.75. The quantitative estimate of drug-likeness (QED) is 0.525. The molecule has 0 nitrogen and oxygen atoms in total. The fourth-order valence-corrected chi connectivity index (χ4v) is 1.67. The van der Waals surface area contributed by atoms with E-state index in [-0.39, 0.29) is 0 Å². The molecule has 10 heavy (non-hydrogen) atoms. The van der Waals surface area contributed by atoms with Gasteiger partial charge in [0, 0.05) is 0 Å². The Hall–Kier alpha value is -0.260. The van der Waals surface area contributed by atoms with E-state index >= 15 is 0 Å². The van der Waals surface area contributed by atoms with Crippen molar-refractivity contribution in [3.8, 4) is 0 Å². The molecule has 0 N–H and O–H groups in total. The van der Waals surface area contributed by atoms with Crippen LogP contribution >= 0.6 is 0 Å². The molecule has 0 bridgehead atoms. The summed E-state index contributed by atoms with van der Waals surface area (Å²) in [6.45, 7) is 6.77. The van der Waals surface area contributed by atoms with Gasteiger partial charge in [-0.05, 0) is 37.5 Å². The zero-order valence-electron chi connectivity index (χ0n) is 7.30. The highest BCUT2D eigenvalue weighted by molar-refractivity contribution is 4.94. The largest absolute Gasteiger partial charge is 0.0917 e. The van der Waals surface area contributed by atoms with Crippen molar-refractivity contribution in [2.24, 2.45) is 17.8 Å². The van der Waals surface area contributed by atoms with Crippen molar-refractivity contribution in [2.45, 2.75) is 33.6 Å². The Bertz CT molecular complexity index is 122. The van der Waals surface area contributed by atoms with Crippen LogP contribution in [0.1, 0.15) is 33.6 Å². The van der Waals surface area contributed by atoms with Gasteiger partial charge in [-0.2, -0.15) is 0 Å². The van der Waals surface area contributed by atoms with E-state index in [4.69, 9.17) is 0 Å². The van der Waals surface area contributed by atoms with Crippen LogP contribution in [-0.4, -0.2) is 0 Å². The summed E-state index contributed by atoms with van der Waals surface area (Å²) in [5.41, 5.74) is 0. The lowest BCUT2D eigenvalue weighted by Crippen LogP contribution is -1.91. The Morgan fingerprint density at radius 1 is 1.50 bits per heavy atom. The summed E-state index contributed by atoms with van der Waals surface area (Å²) < 4.78 is 0. The molecule has 2 atom stereocenters. The summed E-state index contributed by atoms with van der Waals surface area (Å²) in [7, 11) is 0. The van der Waals surface area contributed by atoms with E-state index in [1.54, 1.807) is 0 Å². The molecule has 0 aromatic carbocycles. The van der Waals surface area contributed by atoms with Gasteiger partial charge in [0.2, 0.25) is 0 Å². The third-order valence-corrected chi connectivity index (χ3v) is 2.51. The smallest absolute Gasteiger partial charge is 0.0319 e. The fraction of sp³-hybridized carbons (Fsp3) is 0.800. The molecule has 58 valence electrons. The van der Waals surface area contributed by atoms with Crippen molar-refractivity contribution in [1.29, 1.82) is 0 Å². The number of rotatable bonds is 3. The minimum atomic E-state index is 0.912. The zero-order chi connectivity index (χ0) is 7.56. The van der Waals surface area contributed by atoms with Crippen molar-refractivity contribution in [3.63, 3.8) is 0 Å². The van der Waals surface area contributed by atoms with Crippen LogP contribution in [0.3, 0.4) is 0 Å². The molecule has 0 aromatic rings. The lowest BCUT2D eigenvalue weighted by atomic mass is 10.1. The van der Waals surface area contributed by atoms with E-state index in [2.05, 4.69) is 32.9 Å². The molecule has 0 heterocycles. The average molecular weight is 138 g/mol. The summed E-state index contributed by atoms with van der Waals surface area (Å²) in [4.78, 5) is 0. The summed E-state index contributed by atoms with van der Waals surface area (Å²) in [6, 6.07) is 0. The SMILES string of the molecule is CC=CCC1CC1C(C)C. The topological polar surface area (TPSA) is 0 Å². The van der Waals surface area contributed by atoms with E-state index in [0.717, 1.165) is 17.8 Å². The van der Waals surface area contributed by atoms with Crippen LogP contribution in [0.2, 0.25) is 0 Å². The van der Waals surface area contributed by atoms with Crippen molar-refractivity contribution >= 4 is 0 Å². The first-order valence-corrected chi connectivity index (χ1v) is 4.37. The first kappa shape index (κ1) is 7.84. The van der Waals surface area contributed by atoms with Gasteiger partial charge >= 0.3 is 0 Å². The maximum absolute atomic E-state index is 2.33. The molecule has 0 heteroatoms. The monoisotopic (exact) mass is 138 g/mol. The van der Waals surface area contributed by atoms with Crippen molar-refractivity contribution in [3.05, 3.63) is 12.2 Å². The maximum atomic E-state index is 2.33. The van der Waals surface area contributed by atoms with Crippen LogP contribution in [0.25, 0.3) is 0 Å². The molecule has 0 radical (unpaired) electrons. The maximum Gasteiger partial charge on any atom is -0.0319 e. The molecule has 1 aliphatic rings. The van der Waals surface area contributed by atoms with Gasteiger partial charge < -0.3 is 0 Å². The molecule has 1 aliphatic carbocycles. The predicted octanol–water partition coefficient (Wildman–Crippen LogP) is 3.24. The van der Waals surface area contributed by atoms with Gasteiger partial charge in [0.25, 0.3) is 0 Å². The summed E-state index contributed by atoms with van der Waals surface area (Å²) in [6.07, 6.45) is 7.25. The van der Waals surface area contributed by atoms with Crippen LogP contribution in [0.5, 0.6) is 0 Å². The Balaban J connectivity index is 2.13. The highest BCUT2D eigenvalue weighted by atomic mass is 14.4. The Kier molecular flexibility index (Phi) is 2.53. The standard InChI is InChI=1S/C10H18/c1-4-5-6-9-7-10(9)8(2)3/h4-5,8-10H,6-7H2,1-3H3.